The highest BCUT2D eigenvalue weighted by molar-refractivity contribution is 7.21. The molecular weight excluding hydrogens is 370 g/mol. The van der Waals surface area contributed by atoms with E-state index in [9.17, 15) is 0 Å². The lowest BCUT2D eigenvalue weighted by atomic mass is 10.1. The van der Waals surface area contributed by atoms with Crippen LogP contribution in [0, 0.1) is 0 Å². The summed E-state index contributed by atoms with van der Waals surface area (Å²) in [5, 5.41) is 4.50. The number of anilines is 1. The van der Waals surface area contributed by atoms with Crippen molar-refractivity contribution in [1.29, 1.82) is 0 Å². The van der Waals surface area contributed by atoms with Gasteiger partial charge in [0, 0.05) is 11.4 Å². The van der Waals surface area contributed by atoms with Gasteiger partial charge < -0.3 is 14.8 Å². The minimum atomic E-state index is 0.739. The van der Waals surface area contributed by atoms with Crippen molar-refractivity contribution in [3.05, 3.63) is 66.5 Å². The molecule has 0 amide bonds. The summed E-state index contributed by atoms with van der Waals surface area (Å²) in [6.45, 7) is 0.762. The first-order chi connectivity index (χ1) is 13.8. The first kappa shape index (κ1) is 18.3. The van der Waals surface area contributed by atoms with Gasteiger partial charge in [0.2, 0.25) is 0 Å². The van der Waals surface area contributed by atoms with Gasteiger partial charge in [-0.3, -0.25) is 0 Å². The summed E-state index contributed by atoms with van der Waals surface area (Å²) in [6.07, 6.45) is 2.47. The van der Waals surface area contributed by atoms with Crippen molar-refractivity contribution in [3.8, 4) is 21.9 Å². The molecule has 0 aliphatic rings. The van der Waals surface area contributed by atoms with Gasteiger partial charge in [-0.25, -0.2) is 9.97 Å². The van der Waals surface area contributed by atoms with E-state index in [-0.39, 0.29) is 0 Å². The average Bonchev–Trinajstić information content (AvgIpc) is 3.19. The van der Waals surface area contributed by atoms with E-state index in [2.05, 4.69) is 39.6 Å². The third-order valence-electron chi connectivity index (χ3n) is 4.54. The number of thiophene rings is 1. The zero-order chi connectivity index (χ0) is 19.3. The maximum Gasteiger partial charge on any atom is 0.160 e. The minimum Gasteiger partial charge on any atom is -0.493 e. The highest BCUT2D eigenvalue weighted by atomic mass is 32.1. The number of nitrogens with zero attached hydrogens (tertiary/aromatic N) is 2. The number of hydrogen-bond acceptors (Lipinski definition) is 6. The van der Waals surface area contributed by atoms with Crippen LogP contribution in [0.2, 0.25) is 0 Å². The van der Waals surface area contributed by atoms with Crippen LogP contribution in [0.1, 0.15) is 5.56 Å². The van der Waals surface area contributed by atoms with Crippen molar-refractivity contribution in [3.63, 3.8) is 0 Å². The largest absolute Gasteiger partial charge is 0.493 e. The molecule has 5 nitrogen and oxygen atoms in total. The van der Waals surface area contributed by atoms with Crippen molar-refractivity contribution < 1.29 is 9.47 Å². The number of nitrogens with one attached hydrogen (secondary N) is 1. The standard InChI is InChI=1S/C22H21N3O2S/c1-26-18-9-8-15(12-19(18)27-2)10-11-23-21-17-13-20(16-6-4-3-5-7-16)28-22(17)25-14-24-21/h3-9,12-14H,10-11H2,1-2H3,(H,23,24,25). The van der Waals surface area contributed by atoms with Crippen molar-refractivity contribution in [1.82, 2.24) is 9.97 Å². The number of methoxy groups -OCH3 is 2. The Labute approximate surface area is 168 Å². The zero-order valence-corrected chi connectivity index (χ0v) is 16.6. The summed E-state index contributed by atoms with van der Waals surface area (Å²) in [6, 6.07) is 18.5. The van der Waals surface area contributed by atoms with E-state index in [4.69, 9.17) is 9.47 Å². The van der Waals surface area contributed by atoms with Gasteiger partial charge in [0.25, 0.3) is 0 Å². The second-order valence-electron chi connectivity index (χ2n) is 6.28. The first-order valence-electron chi connectivity index (χ1n) is 9.03. The van der Waals surface area contributed by atoms with E-state index < -0.39 is 0 Å². The molecule has 0 spiro atoms. The van der Waals surface area contributed by atoms with Crippen LogP contribution in [0.3, 0.4) is 0 Å². The SMILES string of the molecule is COc1ccc(CCNc2ncnc3sc(-c4ccccc4)cc23)cc1OC. The molecule has 0 atom stereocenters. The summed E-state index contributed by atoms with van der Waals surface area (Å²) < 4.78 is 10.7. The lowest BCUT2D eigenvalue weighted by Gasteiger charge is -2.10. The maximum absolute atomic E-state index is 5.38. The van der Waals surface area contributed by atoms with E-state index in [1.807, 2.05) is 30.3 Å². The Hall–Kier alpha value is -3.12. The van der Waals surface area contributed by atoms with Gasteiger partial charge in [-0.1, -0.05) is 36.4 Å². The molecule has 0 bridgehead atoms. The van der Waals surface area contributed by atoms with Crippen LogP contribution in [0.25, 0.3) is 20.7 Å². The fourth-order valence-corrected chi connectivity index (χ4v) is 4.11. The molecule has 2 aromatic heterocycles. The van der Waals surface area contributed by atoms with Gasteiger partial charge in [0.05, 0.1) is 19.6 Å². The van der Waals surface area contributed by atoms with Crippen LogP contribution < -0.4 is 14.8 Å². The van der Waals surface area contributed by atoms with Crippen LogP contribution in [-0.2, 0) is 6.42 Å². The number of aromatic nitrogens is 2. The molecule has 4 aromatic rings. The van der Waals surface area contributed by atoms with Crippen LogP contribution >= 0.6 is 11.3 Å². The monoisotopic (exact) mass is 391 g/mol. The van der Waals surface area contributed by atoms with Crippen LogP contribution in [0.15, 0.2) is 60.9 Å². The first-order valence-corrected chi connectivity index (χ1v) is 9.85. The van der Waals surface area contributed by atoms with E-state index in [0.29, 0.717) is 0 Å². The molecule has 28 heavy (non-hydrogen) atoms. The average molecular weight is 391 g/mol. The van der Waals surface area contributed by atoms with Crippen molar-refractivity contribution in [2.45, 2.75) is 6.42 Å². The lowest BCUT2D eigenvalue weighted by Crippen LogP contribution is -2.07. The molecule has 0 saturated carbocycles. The van der Waals surface area contributed by atoms with Crippen LogP contribution in [-0.4, -0.2) is 30.7 Å². The smallest absolute Gasteiger partial charge is 0.160 e. The van der Waals surface area contributed by atoms with Crippen LogP contribution in [0.4, 0.5) is 5.82 Å². The molecule has 6 heteroatoms. The van der Waals surface area contributed by atoms with Crippen molar-refractivity contribution >= 4 is 27.4 Å². The summed E-state index contributed by atoms with van der Waals surface area (Å²) in [7, 11) is 3.29. The molecule has 0 aliphatic heterocycles. The predicted molar refractivity (Wildman–Crippen MR) is 115 cm³/mol. The third-order valence-corrected chi connectivity index (χ3v) is 5.63. The molecule has 0 aliphatic carbocycles. The molecule has 0 fully saturated rings. The Balaban J connectivity index is 1.50. The second-order valence-corrected chi connectivity index (χ2v) is 7.31. The second kappa shape index (κ2) is 8.27. The topological polar surface area (TPSA) is 56.3 Å². The maximum atomic E-state index is 5.38. The molecular formula is C22H21N3O2S. The molecule has 0 radical (unpaired) electrons. The van der Waals surface area contributed by atoms with E-state index >= 15 is 0 Å². The number of fused-ring (bicyclic) bond motifs is 1. The third kappa shape index (κ3) is 3.77. The van der Waals surface area contributed by atoms with Gasteiger partial charge in [0.1, 0.15) is 17.0 Å². The Bertz CT molecular complexity index is 1080. The van der Waals surface area contributed by atoms with Gasteiger partial charge in [-0.05, 0) is 35.7 Å². The predicted octanol–water partition coefficient (Wildman–Crippen LogP) is 5.03. The molecule has 0 unspecified atom stereocenters. The molecule has 2 heterocycles. The molecule has 4 rings (SSSR count). The normalized spacial score (nSPS) is 10.8. The highest BCUT2D eigenvalue weighted by Gasteiger charge is 2.10. The van der Waals surface area contributed by atoms with Gasteiger partial charge in [-0.2, -0.15) is 0 Å². The zero-order valence-electron chi connectivity index (χ0n) is 15.8. The van der Waals surface area contributed by atoms with Gasteiger partial charge in [-0.15, -0.1) is 11.3 Å². The molecule has 0 saturated heterocycles. The Morgan fingerprint density at radius 3 is 2.54 bits per heavy atom. The number of benzene rings is 2. The van der Waals surface area contributed by atoms with E-state index in [0.717, 1.165) is 40.5 Å². The van der Waals surface area contributed by atoms with Crippen molar-refractivity contribution in [2.75, 3.05) is 26.1 Å². The van der Waals surface area contributed by atoms with E-state index in [1.165, 1.54) is 16.0 Å². The fourth-order valence-electron chi connectivity index (χ4n) is 3.10. The fraction of sp³-hybridized carbons (Fsp3) is 0.182. The van der Waals surface area contributed by atoms with Gasteiger partial charge in [0.15, 0.2) is 11.5 Å². The van der Waals surface area contributed by atoms with Gasteiger partial charge >= 0.3 is 0 Å². The summed E-state index contributed by atoms with van der Waals surface area (Å²) >= 11 is 1.68. The molecule has 142 valence electrons. The Morgan fingerprint density at radius 1 is 0.929 bits per heavy atom. The van der Waals surface area contributed by atoms with Crippen LogP contribution in [0.5, 0.6) is 11.5 Å². The highest BCUT2D eigenvalue weighted by Crippen LogP contribution is 2.34. The van der Waals surface area contributed by atoms with Crippen molar-refractivity contribution in [2.24, 2.45) is 0 Å². The number of ether oxygens (including phenoxy) is 2. The number of rotatable bonds is 7. The molecule has 1 N–H and O–H groups in total. The lowest BCUT2D eigenvalue weighted by molar-refractivity contribution is 0.354. The minimum absolute atomic E-state index is 0.739. The summed E-state index contributed by atoms with van der Waals surface area (Å²) in [4.78, 5) is 11.1. The Kier molecular flexibility index (Phi) is 5.39. The van der Waals surface area contributed by atoms with E-state index in [1.54, 1.807) is 31.9 Å². The molecule has 2 aromatic carbocycles. The Morgan fingerprint density at radius 2 is 1.75 bits per heavy atom. The number of hydrogen-bond donors (Lipinski definition) is 1. The summed E-state index contributed by atoms with van der Waals surface area (Å²) in [5.74, 6) is 2.35. The summed E-state index contributed by atoms with van der Waals surface area (Å²) in [5.41, 5.74) is 2.37. The quantitative estimate of drug-likeness (QED) is 0.479.